The molecule has 0 aromatic carbocycles. The maximum atomic E-state index is 5.81. The summed E-state index contributed by atoms with van der Waals surface area (Å²) in [6.07, 6.45) is 9.94. The average molecular weight is 300 g/mol. The molecule has 0 rings (SSSR count). The summed E-state index contributed by atoms with van der Waals surface area (Å²) >= 11 is 0. The van der Waals surface area contributed by atoms with Crippen LogP contribution in [0.4, 0.5) is 0 Å². The lowest BCUT2D eigenvalue weighted by atomic mass is 10.0. The Balaban J connectivity index is 3.29. The van der Waals surface area contributed by atoms with E-state index in [0.29, 0.717) is 5.92 Å². The topological polar surface area (TPSA) is 18.5 Å². The van der Waals surface area contributed by atoms with E-state index in [9.17, 15) is 0 Å². The first kappa shape index (κ1) is 20.9. The van der Waals surface area contributed by atoms with Gasteiger partial charge < -0.3 is 9.47 Å². The fourth-order valence-electron chi connectivity index (χ4n) is 1.99. The molecule has 1 unspecified atom stereocenters. The molecule has 0 bridgehead atoms. The van der Waals surface area contributed by atoms with Crippen molar-refractivity contribution >= 4 is 0 Å². The van der Waals surface area contributed by atoms with Crippen molar-refractivity contribution in [2.75, 3.05) is 13.2 Å². The van der Waals surface area contributed by atoms with Crippen LogP contribution in [0.1, 0.15) is 87.0 Å². The van der Waals surface area contributed by atoms with Gasteiger partial charge in [0.15, 0.2) is 0 Å². The molecule has 0 heterocycles. The van der Waals surface area contributed by atoms with E-state index in [4.69, 9.17) is 9.47 Å². The van der Waals surface area contributed by atoms with E-state index in [1.165, 1.54) is 38.5 Å². The summed E-state index contributed by atoms with van der Waals surface area (Å²) in [5.41, 5.74) is 0.00241. The molecular formula is C19H39O2. The monoisotopic (exact) mass is 299 g/mol. The van der Waals surface area contributed by atoms with Crippen molar-refractivity contribution in [3.05, 3.63) is 6.42 Å². The van der Waals surface area contributed by atoms with Crippen LogP contribution in [-0.4, -0.2) is 24.4 Å². The molecule has 0 fully saturated rings. The molecule has 0 aliphatic carbocycles. The quantitative estimate of drug-likeness (QED) is 0.449. The molecule has 21 heavy (non-hydrogen) atoms. The van der Waals surface area contributed by atoms with Crippen LogP contribution >= 0.6 is 0 Å². The fraction of sp³-hybridized carbons (Fsp3) is 0.947. The smallest absolute Gasteiger partial charge is 0.0598 e. The first-order valence-electron chi connectivity index (χ1n) is 8.70. The number of ether oxygens (including phenoxy) is 2. The number of hydrogen-bond acceptors (Lipinski definition) is 2. The molecule has 2 heteroatoms. The number of rotatable bonds is 11. The predicted octanol–water partition coefficient (Wildman–Crippen LogP) is 5.80. The second kappa shape index (κ2) is 10.6. The Kier molecular flexibility index (Phi) is 10.6. The van der Waals surface area contributed by atoms with Gasteiger partial charge in [-0.2, -0.15) is 0 Å². The molecule has 0 aromatic heterocycles. The third-order valence-corrected chi connectivity index (χ3v) is 3.21. The lowest BCUT2D eigenvalue weighted by Crippen LogP contribution is -2.22. The van der Waals surface area contributed by atoms with Gasteiger partial charge >= 0.3 is 0 Å². The van der Waals surface area contributed by atoms with Crippen LogP contribution in [0.5, 0.6) is 0 Å². The normalized spacial score (nSPS) is 14.4. The summed E-state index contributed by atoms with van der Waals surface area (Å²) < 4.78 is 11.5. The van der Waals surface area contributed by atoms with Gasteiger partial charge in [0, 0.05) is 13.2 Å². The van der Waals surface area contributed by atoms with Crippen molar-refractivity contribution in [2.24, 2.45) is 5.92 Å². The average Bonchev–Trinajstić information content (AvgIpc) is 2.32. The molecule has 0 saturated carbocycles. The van der Waals surface area contributed by atoms with Gasteiger partial charge in [-0.3, -0.25) is 0 Å². The Bertz CT molecular complexity index is 235. The van der Waals surface area contributed by atoms with Crippen molar-refractivity contribution in [3.63, 3.8) is 0 Å². The maximum absolute atomic E-state index is 5.81. The lowest BCUT2D eigenvalue weighted by Gasteiger charge is -2.22. The molecular weight excluding hydrogens is 260 g/mol. The molecule has 2 nitrogen and oxygen atoms in total. The Morgan fingerprint density at radius 3 is 1.95 bits per heavy atom. The summed E-state index contributed by atoms with van der Waals surface area (Å²) in [5, 5.41) is 0. The third kappa shape index (κ3) is 17.9. The van der Waals surface area contributed by atoms with Crippen LogP contribution in [0.2, 0.25) is 0 Å². The van der Waals surface area contributed by atoms with Crippen LogP contribution in [0.15, 0.2) is 0 Å². The first-order chi connectivity index (χ1) is 9.60. The second-order valence-electron chi connectivity index (χ2n) is 8.22. The molecule has 0 saturated heterocycles. The van der Waals surface area contributed by atoms with Crippen molar-refractivity contribution in [1.82, 2.24) is 0 Å². The molecule has 127 valence electrons. The van der Waals surface area contributed by atoms with Gasteiger partial charge in [-0.1, -0.05) is 32.6 Å². The highest BCUT2D eigenvalue weighted by Gasteiger charge is 2.12. The van der Waals surface area contributed by atoms with Crippen LogP contribution in [-0.2, 0) is 9.47 Å². The Morgan fingerprint density at radius 1 is 0.810 bits per heavy atom. The van der Waals surface area contributed by atoms with Crippen molar-refractivity contribution < 1.29 is 9.47 Å². The van der Waals surface area contributed by atoms with Crippen molar-refractivity contribution in [3.8, 4) is 0 Å². The summed E-state index contributed by atoms with van der Waals surface area (Å²) in [6.45, 7) is 16.7. The van der Waals surface area contributed by atoms with Gasteiger partial charge in [-0.15, -0.1) is 0 Å². The molecule has 0 amide bonds. The van der Waals surface area contributed by atoms with Crippen LogP contribution in [0.25, 0.3) is 0 Å². The zero-order valence-electron chi connectivity index (χ0n) is 15.6. The van der Waals surface area contributed by atoms with E-state index < -0.39 is 0 Å². The van der Waals surface area contributed by atoms with Crippen molar-refractivity contribution in [2.45, 2.75) is 98.2 Å². The summed E-state index contributed by atoms with van der Waals surface area (Å²) in [7, 11) is 0. The fourth-order valence-corrected chi connectivity index (χ4v) is 1.99. The van der Waals surface area contributed by atoms with E-state index in [-0.39, 0.29) is 11.2 Å². The maximum Gasteiger partial charge on any atom is 0.0598 e. The largest absolute Gasteiger partial charge is 0.376 e. The molecule has 1 radical (unpaired) electrons. The van der Waals surface area contributed by atoms with E-state index in [2.05, 4.69) is 54.9 Å². The van der Waals surface area contributed by atoms with Gasteiger partial charge in [0.25, 0.3) is 0 Å². The zero-order chi connectivity index (χ0) is 16.4. The predicted molar refractivity (Wildman–Crippen MR) is 92.6 cm³/mol. The minimum atomic E-state index is -0.0105. The van der Waals surface area contributed by atoms with E-state index in [1.54, 1.807) is 0 Å². The SMILES string of the molecule is CC(C[CH]CCCCCCOC(C)(C)C)COC(C)(C)C. The third-order valence-electron chi connectivity index (χ3n) is 3.21. The number of hydrogen-bond donors (Lipinski definition) is 0. The second-order valence-corrected chi connectivity index (χ2v) is 8.22. The van der Waals surface area contributed by atoms with Crippen molar-refractivity contribution in [1.29, 1.82) is 0 Å². The number of unbranched alkanes of at least 4 members (excludes halogenated alkanes) is 5. The highest BCUT2D eigenvalue weighted by atomic mass is 16.5. The zero-order valence-corrected chi connectivity index (χ0v) is 15.6. The minimum Gasteiger partial charge on any atom is -0.376 e. The lowest BCUT2D eigenvalue weighted by molar-refractivity contribution is -0.0195. The Labute approximate surface area is 134 Å². The molecule has 0 spiro atoms. The molecule has 0 aliphatic rings. The molecule has 0 aromatic rings. The molecule has 1 atom stereocenters. The van der Waals surface area contributed by atoms with E-state index >= 15 is 0 Å². The standard InChI is InChI=1S/C19H39O2/c1-17(16-21-19(5,6)7)14-12-10-8-9-11-13-15-20-18(2,3)4/h12,17H,8-11,13-16H2,1-7H3. The minimum absolute atomic E-state index is 0.0105. The Hall–Kier alpha value is -0.0800. The van der Waals surface area contributed by atoms with Gasteiger partial charge in [0.2, 0.25) is 0 Å². The highest BCUT2D eigenvalue weighted by molar-refractivity contribution is 4.70. The van der Waals surface area contributed by atoms with Gasteiger partial charge in [-0.25, -0.2) is 0 Å². The summed E-state index contributed by atoms with van der Waals surface area (Å²) in [5.74, 6) is 0.629. The van der Waals surface area contributed by atoms with Crippen LogP contribution in [0.3, 0.4) is 0 Å². The van der Waals surface area contributed by atoms with Crippen LogP contribution in [0, 0.1) is 12.3 Å². The van der Waals surface area contributed by atoms with Gasteiger partial charge in [0.05, 0.1) is 11.2 Å². The highest BCUT2D eigenvalue weighted by Crippen LogP contribution is 2.15. The summed E-state index contributed by atoms with van der Waals surface area (Å²) in [6, 6.07) is 0. The molecule has 0 aliphatic heterocycles. The van der Waals surface area contributed by atoms with Gasteiger partial charge in [0.1, 0.15) is 0 Å². The summed E-state index contributed by atoms with van der Waals surface area (Å²) in [4.78, 5) is 0. The van der Waals surface area contributed by atoms with Gasteiger partial charge in [-0.05, 0) is 66.7 Å². The Morgan fingerprint density at radius 2 is 1.38 bits per heavy atom. The van der Waals surface area contributed by atoms with E-state index in [0.717, 1.165) is 13.2 Å². The van der Waals surface area contributed by atoms with Crippen LogP contribution < -0.4 is 0 Å². The van der Waals surface area contributed by atoms with E-state index in [1.807, 2.05) is 0 Å². The molecule has 0 N–H and O–H groups in total. The first-order valence-corrected chi connectivity index (χ1v) is 8.70.